The Kier molecular flexibility index (Phi) is 5.46. The van der Waals surface area contributed by atoms with Crippen LogP contribution in [0.2, 0.25) is 5.15 Å². The third-order valence-corrected chi connectivity index (χ3v) is 3.81. The number of amides is 2. The van der Waals surface area contributed by atoms with E-state index < -0.39 is 5.60 Å². The van der Waals surface area contributed by atoms with Crippen LogP contribution in [0.4, 0.5) is 4.79 Å². The van der Waals surface area contributed by atoms with E-state index in [1.54, 1.807) is 17.0 Å². The number of likely N-dealkylation sites (tertiary alicyclic amines) is 1. The highest BCUT2D eigenvalue weighted by Crippen LogP contribution is 2.20. The Bertz CT molecular complexity index is 586. The summed E-state index contributed by atoms with van der Waals surface area (Å²) < 4.78 is 5.41. The number of halogens is 1. The maximum Gasteiger partial charge on any atom is 0.410 e. The highest BCUT2D eigenvalue weighted by atomic mass is 35.5. The summed E-state index contributed by atoms with van der Waals surface area (Å²) in [6.45, 7) is 6.51. The Balaban J connectivity index is 1.93. The molecule has 1 fully saturated rings. The molecule has 0 spiro atoms. The van der Waals surface area contributed by atoms with Crippen LogP contribution in [0.25, 0.3) is 0 Å². The zero-order valence-corrected chi connectivity index (χ0v) is 14.4. The van der Waals surface area contributed by atoms with Gasteiger partial charge >= 0.3 is 6.09 Å². The molecule has 0 radical (unpaired) electrons. The number of hydrogen-bond acceptors (Lipinski definition) is 4. The molecule has 0 aromatic carbocycles. The molecule has 1 N–H and O–H groups in total. The van der Waals surface area contributed by atoms with Crippen LogP contribution in [-0.2, 0) is 4.74 Å². The lowest BCUT2D eigenvalue weighted by atomic mass is 10.2. The Morgan fingerprint density at radius 2 is 2.22 bits per heavy atom. The first kappa shape index (κ1) is 17.5. The zero-order chi connectivity index (χ0) is 17.0. The highest BCUT2D eigenvalue weighted by molar-refractivity contribution is 6.32. The topological polar surface area (TPSA) is 71.5 Å². The number of carbonyl (C=O) groups excluding carboxylic acids is 2. The highest BCUT2D eigenvalue weighted by Gasteiger charge is 2.32. The van der Waals surface area contributed by atoms with Gasteiger partial charge in [0.15, 0.2) is 0 Å². The van der Waals surface area contributed by atoms with Crippen molar-refractivity contribution in [2.75, 3.05) is 13.1 Å². The lowest BCUT2D eigenvalue weighted by molar-refractivity contribution is 0.0225. The maximum absolute atomic E-state index is 12.2. The van der Waals surface area contributed by atoms with E-state index in [4.69, 9.17) is 16.3 Å². The summed E-state index contributed by atoms with van der Waals surface area (Å²) in [5, 5.41) is 2.98. The molecule has 0 bridgehead atoms. The average Bonchev–Trinajstić information content (AvgIpc) is 2.92. The molecule has 0 aliphatic carbocycles. The van der Waals surface area contributed by atoms with Crippen LogP contribution >= 0.6 is 11.6 Å². The molecule has 7 heteroatoms. The van der Waals surface area contributed by atoms with Crippen molar-refractivity contribution in [3.63, 3.8) is 0 Å². The van der Waals surface area contributed by atoms with Gasteiger partial charge in [0.05, 0.1) is 11.6 Å². The first-order chi connectivity index (χ1) is 10.8. The van der Waals surface area contributed by atoms with Crippen molar-refractivity contribution in [3.05, 3.63) is 29.0 Å². The number of nitrogens with one attached hydrogen (secondary N) is 1. The van der Waals surface area contributed by atoms with E-state index >= 15 is 0 Å². The van der Waals surface area contributed by atoms with Crippen LogP contribution in [-0.4, -0.2) is 46.6 Å². The first-order valence-corrected chi connectivity index (χ1v) is 8.04. The molecule has 0 unspecified atom stereocenters. The van der Waals surface area contributed by atoms with Crippen molar-refractivity contribution in [3.8, 4) is 0 Å². The van der Waals surface area contributed by atoms with Gasteiger partial charge in [-0.05, 0) is 45.7 Å². The van der Waals surface area contributed by atoms with Gasteiger partial charge in [-0.2, -0.15) is 0 Å². The molecule has 2 rings (SSSR count). The zero-order valence-electron chi connectivity index (χ0n) is 13.6. The lowest BCUT2D eigenvalue weighted by Gasteiger charge is -2.28. The van der Waals surface area contributed by atoms with Crippen LogP contribution in [0, 0.1) is 0 Å². The number of pyridine rings is 1. The van der Waals surface area contributed by atoms with Crippen LogP contribution in [0.3, 0.4) is 0 Å². The van der Waals surface area contributed by atoms with Gasteiger partial charge in [-0.15, -0.1) is 0 Å². The molecular formula is C16H22ClN3O3. The maximum atomic E-state index is 12.2. The summed E-state index contributed by atoms with van der Waals surface area (Å²) >= 11 is 5.91. The van der Waals surface area contributed by atoms with Crippen molar-refractivity contribution >= 4 is 23.6 Å². The summed E-state index contributed by atoms with van der Waals surface area (Å²) in [5.74, 6) is -0.292. The standard InChI is InChI=1S/C16H22ClN3O3/c1-16(2,3)23-15(22)20-9-5-6-11(20)10-19-14(21)12-7-4-8-18-13(12)17/h4,7-8,11H,5-6,9-10H2,1-3H3,(H,19,21)/t11-/m0/s1. The smallest absolute Gasteiger partial charge is 0.410 e. The van der Waals surface area contributed by atoms with Gasteiger partial charge in [0.2, 0.25) is 0 Å². The number of aromatic nitrogens is 1. The second-order valence-electron chi connectivity index (χ2n) is 6.52. The van der Waals surface area contributed by atoms with Crippen molar-refractivity contribution in [2.24, 2.45) is 0 Å². The molecule has 0 saturated carbocycles. The van der Waals surface area contributed by atoms with Crippen molar-refractivity contribution in [2.45, 2.75) is 45.3 Å². The minimum absolute atomic E-state index is 0.0655. The van der Waals surface area contributed by atoms with Crippen LogP contribution < -0.4 is 5.32 Å². The summed E-state index contributed by atoms with van der Waals surface area (Å²) in [7, 11) is 0. The van der Waals surface area contributed by atoms with E-state index in [0.29, 0.717) is 18.7 Å². The van der Waals surface area contributed by atoms with Crippen LogP contribution in [0.1, 0.15) is 44.0 Å². The Hall–Kier alpha value is -1.82. The quantitative estimate of drug-likeness (QED) is 0.859. The fourth-order valence-electron chi connectivity index (χ4n) is 2.47. The van der Waals surface area contributed by atoms with Gasteiger partial charge < -0.3 is 15.0 Å². The SMILES string of the molecule is CC(C)(C)OC(=O)N1CCC[C@H]1CNC(=O)c1cccnc1Cl. The van der Waals surface area contributed by atoms with E-state index in [-0.39, 0.29) is 23.2 Å². The predicted octanol–water partition coefficient (Wildman–Crippen LogP) is 2.86. The molecule has 1 aromatic rings. The fraction of sp³-hybridized carbons (Fsp3) is 0.562. The van der Waals surface area contributed by atoms with Crippen molar-refractivity contribution in [1.29, 1.82) is 0 Å². The molecular weight excluding hydrogens is 318 g/mol. The number of carbonyl (C=O) groups is 2. The number of nitrogens with zero attached hydrogens (tertiary/aromatic N) is 2. The number of hydrogen-bond donors (Lipinski definition) is 1. The Labute approximate surface area is 141 Å². The minimum atomic E-state index is -0.531. The van der Waals surface area contributed by atoms with Gasteiger partial charge in [-0.25, -0.2) is 9.78 Å². The first-order valence-electron chi connectivity index (χ1n) is 7.66. The molecule has 23 heavy (non-hydrogen) atoms. The molecule has 1 aliphatic rings. The van der Waals surface area contributed by atoms with Gasteiger partial charge in [0, 0.05) is 19.3 Å². The third kappa shape index (κ3) is 4.82. The lowest BCUT2D eigenvalue weighted by Crippen LogP contribution is -2.45. The second-order valence-corrected chi connectivity index (χ2v) is 6.88. The van der Waals surface area contributed by atoms with E-state index in [2.05, 4.69) is 10.3 Å². The normalized spacial score (nSPS) is 17.9. The Morgan fingerprint density at radius 3 is 2.87 bits per heavy atom. The molecule has 1 aliphatic heterocycles. The molecule has 2 heterocycles. The number of rotatable bonds is 3. The van der Waals surface area contributed by atoms with Crippen LogP contribution in [0.5, 0.6) is 0 Å². The van der Waals surface area contributed by atoms with E-state index in [0.717, 1.165) is 12.8 Å². The fourth-order valence-corrected chi connectivity index (χ4v) is 2.68. The van der Waals surface area contributed by atoms with Gasteiger partial charge in [0.25, 0.3) is 5.91 Å². The van der Waals surface area contributed by atoms with Crippen LogP contribution in [0.15, 0.2) is 18.3 Å². The van der Waals surface area contributed by atoms with Gasteiger partial charge in [0.1, 0.15) is 10.8 Å². The molecule has 2 amide bonds. The summed E-state index contributed by atoms with van der Waals surface area (Å²) in [6, 6.07) is 3.21. The minimum Gasteiger partial charge on any atom is -0.444 e. The second kappa shape index (κ2) is 7.17. The summed E-state index contributed by atoms with van der Waals surface area (Å²) in [4.78, 5) is 29.9. The molecule has 6 nitrogen and oxygen atoms in total. The molecule has 1 atom stereocenters. The van der Waals surface area contributed by atoms with E-state index in [1.165, 1.54) is 6.20 Å². The number of ether oxygens (including phenoxy) is 1. The predicted molar refractivity (Wildman–Crippen MR) is 87.5 cm³/mol. The van der Waals surface area contributed by atoms with Gasteiger partial charge in [-0.3, -0.25) is 4.79 Å². The Morgan fingerprint density at radius 1 is 1.48 bits per heavy atom. The third-order valence-electron chi connectivity index (χ3n) is 3.51. The molecule has 1 aromatic heterocycles. The van der Waals surface area contributed by atoms with E-state index in [9.17, 15) is 9.59 Å². The van der Waals surface area contributed by atoms with Crippen molar-refractivity contribution < 1.29 is 14.3 Å². The van der Waals surface area contributed by atoms with Gasteiger partial charge in [-0.1, -0.05) is 11.6 Å². The summed E-state index contributed by atoms with van der Waals surface area (Å²) in [6.07, 6.45) is 2.92. The summed E-state index contributed by atoms with van der Waals surface area (Å²) in [5.41, 5.74) is -0.201. The monoisotopic (exact) mass is 339 g/mol. The average molecular weight is 340 g/mol. The molecule has 126 valence electrons. The van der Waals surface area contributed by atoms with Crippen molar-refractivity contribution in [1.82, 2.24) is 15.2 Å². The molecule has 1 saturated heterocycles. The largest absolute Gasteiger partial charge is 0.444 e. The van der Waals surface area contributed by atoms with E-state index in [1.807, 2.05) is 20.8 Å².